The van der Waals surface area contributed by atoms with Crippen LogP contribution in [0.5, 0.6) is 0 Å². The molecule has 2 unspecified atom stereocenters. The highest BCUT2D eigenvalue weighted by Gasteiger charge is 2.44. The molecule has 0 N–H and O–H groups in total. The molecule has 0 amide bonds. The molecule has 0 aromatic heterocycles. The van der Waals surface area contributed by atoms with E-state index in [0.29, 0.717) is 0 Å². The van der Waals surface area contributed by atoms with Gasteiger partial charge in [-0.2, -0.15) is 0 Å². The summed E-state index contributed by atoms with van der Waals surface area (Å²) in [6.45, 7) is 10.7. The molecule has 1 aliphatic rings. The van der Waals surface area contributed by atoms with Crippen molar-refractivity contribution in [1.82, 2.24) is 0 Å². The van der Waals surface area contributed by atoms with Crippen LogP contribution in [-0.4, -0.2) is 43.7 Å². The molecule has 1 saturated heterocycles. The van der Waals surface area contributed by atoms with Crippen LogP contribution in [0.2, 0.25) is 0 Å². The van der Waals surface area contributed by atoms with E-state index in [0.717, 1.165) is 0 Å². The normalized spacial score (nSPS) is 32.3. The number of rotatable bonds is 6. The summed E-state index contributed by atoms with van der Waals surface area (Å²) >= 11 is 0. The van der Waals surface area contributed by atoms with Gasteiger partial charge in [-0.1, -0.05) is 19.9 Å². The van der Waals surface area contributed by atoms with E-state index in [9.17, 15) is 9.59 Å². The predicted octanol–water partition coefficient (Wildman–Crippen LogP) is 1.68. The molecule has 120 valence electrons. The van der Waals surface area contributed by atoms with Gasteiger partial charge in [0, 0.05) is 19.8 Å². The van der Waals surface area contributed by atoms with Gasteiger partial charge in [0.05, 0.1) is 12.7 Å². The molecule has 0 aromatic rings. The first-order valence-electron chi connectivity index (χ1n) is 7.05. The Morgan fingerprint density at radius 2 is 1.86 bits per heavy atom. The predicted molar refractivity (Wildman–Crippen MR) is 75.3 cm³/mol. The Labute approximate surface area is 125 Å². The fourth-order valence-electron chi connectivity index (χ4n) is 2.30. The first-order valence-corrected chi connectivity index (χ1v) is 7.05. The van der Waals surface area contributed by atoms with E-state index < -0.39 is 12.4 Å². The summed E-state index contributed by atoms with van der Waals surface area (Å²) in [7, 11) is 0. The van der Waals surface area contributed by atoms with Crippen molar-refractivity contribution >= 4 is 11.9 Å². The number of hydrogen-bond acceptors (Lipinski definition) is 6. The van der Waals surface area contributed by atoms with Gasteiger partial charge in [-0.25, -0.2) is 0 Å². The molecular weight excluding hydrogens is 276 g/mol. The minimum Gasteiger partial charge on any atom is -0.463 e. The molecule has 1 aliphatic heterocycles. The van der Waals surface area contributed by atoms with E-state index in [1.54, 1.807) is 6.08 Å². The van der Waals surface area contributed by atoms with Gasteiger partial charge in [0.1, 0.15) is 6.61 Å². The summed E-state index contributed by atoms with van der Waals surface area (Å²) in [5.41, 5.74) is 0. The van der Waals surface area contributed by atoms with Crippen molar-refractivity contribution in [2.75, 3.05) is 13.2 Å². The Morgan fingerprint density at radius 1 is 1.19 bits per heavy atom. The molecule has 0 spiro atoms. The van der Waals surface area contributed by atoms with Crippen LogP contribution in [0.4, 0.5) is 0 Å². The molecule has 1 rings (SSSR count). The molecule has 1 heterocycles. The standard InChI is InChI=1S/C15H24O6/c1-6-7-18-15-14(20-12(5)17)10(3)9(2)13(21-15)8-19-11(4)16/h6,9-10,13-15H,1,7-8H2,2-5H3/t9-,10+,13?,14?,15-/m1/s1. The van der Waals surface area contributed by atoms with Gasteiger partial charge < -0.3 is 18.9 Å². The lowest BCUT2D eigenvalue weighted by Crippen LogP contribution is -2.53. The minimum atomic E-state index is -0.696. The monoisotopic (exact) mass is 300 g/mol. The molecule has 0 radical (unpaired) electrons. The SMILES string of the molecule is C=CCO[C@@H]1OC(COC(C)=O)[C@H](C)[C@H](C)C1OC(C)=O. The maximum Gasteiger partial charge on any atom is 0.303 e. The van der Waals surface area contributed by atoms with E-state index >= 15 is 0 Å². The fraction of sp³-hybridized carbons (Fsp3) is 0.733. The first kappa shape index (κ1) is 17.7. The van der Waals surface area contributed by atoms with Crippen LogP contribution in [0.25, 0.3) is 0 Å². The van der Waals surface area contributed by atoms with Gasteiger partial charge >= 0.3 is 11.9 Å². The second-order valence-electron chi connectivity index (χ2n) is 5.26. The van der Waals surface area contributed by atoms with E-state index in [-0.39, 0.29) is 43.1 Å². The quantitative estimate of drug-likeness (QED) is 0.549. The third-order valence-electron chi connectivity index (χ3n) is 3.64. The third kappa shape index (κ3) is 5.13. The zero-order valence-electron chi connectivity index (χ0n) is 13.0. The second kappa shape index (κ2) is 8.14. The number of carbonyl (C=O) groups is 2. The van der Waals surface area contributed by atoms with Crippen molar-refractivity contribution in [3.05, 3.63) is 12.7 Å². The molecule has 6 heteroatoms. The van der Waals surface area contributed by atoms with Gasteiger partial charge in [-0.3, -0.25) is 9.59 Å². The van der Waals surface area contributed by atoms with Gasteiger partial charge in [0.15, 0.2) is 12.4 Å². The Balaban J connectivity index is 2.79. The molecule has 0 aromatic carbocycles. The van der Waals surface area contributed by atoms with E-state index in [1.165, 1.54) is 13.8 Å². The molecular formula is C15H24O6. The lowest BCUT2D eigenvalue weighted by Gasteiger charge is -2.43. The Kier molecular flexibility index (Phi) is 6.84. The number of hydrogen-bond donors (Lipinski definition) is 0. The first-order chi connectivity index (χ1) is 9.86. The third-order valence-corrected chi connectivity index (χ3v) is 3.64. The summed E-state index contributed by atoms with van der Waals surface area (Å²) in [4.78, 5) is 22.2. The van der Waals surface area contributed by atoms with Crippen LogP contribution in [0.1, 0.15) is 27.7 Å². The van der Waals surface area contributed by atoms with Crippen LogP contribution in [0.15, 0.2) is 12.7 Å². The Hall–Kier alpha value is -1.40. The number of carbonyl (C=O) groups excluding carboxylic acids is 2. The highest BCUT2D eigenvalue weighted by molar-refractivity contribution is 5.66. The van der Waals surface area contributed by atoms with Gasteiger partial charge in [0.25, 0.3) is 0 Å². The zero-order chi connectivity index (χ0) is 16.0. The highest BCUT2D eigenvalue weighted by atomic mass is 16.7. The molecule has 21 heavy (non-hydrogen) atoms. The highest BCUT2D eigenvalue weighted by Crippen LogP contribution is 2.33. The molecule has 6 nitrogen and oxygen atoms in total. The summed E-state index contributed by atoms with van der Waals surface area (Å²) in [5.74, 6) is -0.673. The van der Waals surface area contributed by atoms with Gasteiger partial charge in [-0.15, -0.1) is 6.58 Å². The van der Waals surface area contributed by atoms with Crippen molar-refractivity contribution in [3.63, 3.8) is 0 Å². The van der Waals surface area contributed by atoms with E-state index in [1.807, 2.05) is 13.8 Å². The fourth-order valence-corrected chi connectivity index (χ4v) is 2.30. The summed E-state index contributed by atoms with van der Waals surface area (Å²) in [6, 6.07) is 0. The van der Waals surface area contributed by atoms with Crippen molar-refractivity contribution < 1.29 is 28.5 Å². The minimum absolute atomic E-state index is 0.0121. The lowest BCUT2D eigenvalue weighted by molar-refractivity contribution is -0.277. The molecule has 0 saturated carbocycles. The average molecular weight is 300 g/mol. The Morgan fingerprint density at radius 3 is 2.38 bits per heavy atom. The molecule has 5 atom stereocenters. The van der Waals surface area contributed by atoms with Crippen LogP contribution >= 0.6 is 0 Å². The number of ether oxygens (including phenoxy) is 4. The average Bonchev–Trinajstić information content (AvgIpc) is 2.41. The summed E-state index contributed by atoms with van der Waals surface area (Å²) < 4.78 is 21.7. The second-order valence-corrected chi connectivity index (χ2v) is 5.26. The lowest BCUT2D eigenvalue weighted by atomic mass is 9.83. The molecule has 1 fully saturated rings. The van der Waals surface area contributed by atoms with E-state index in [4.69, 9.17) is 18.9 Å². The summed E-state index contributed by atoms with van der Waals surface area (Å²) in [6.07, 6.45) is 0.105. The van der Waals surface area contributed by atoms with Crippen LogP contribution in [0, 0.1) is 11.8 Å². The molecule has 0 bridgehead atoms. The maximum absolute atomic E-state index is 11.3. The van der Waals surface area contributed by atoms with Crippen molar-refractivity contribution in [3.8, 4) is 0 Å². The van der Waals surface area contributed by atoms with Crippen LogP contribution in [0.3, 0.4) is 0 Å². The molecule has 0 aliphatic carbocycles. The van der Waals surface area contributed by atoms with E-state index in [2.05, 4.69) is 6.58 Å². The van der Waals surface area contributed by atoms with Crippen LogP contribution in [-0.2, 0) is 28.5 Å². The van der Waals surface area contributed by atoms with Crippen molar-refractivity contribution in [2.45, 2.75) is 46.2 Å². The van der Waals surface area contributed by atoms with Gasteiger partial charge in [-0.05, 0) is 5.92 Å². The van der Waals surface area contributed by atoms with Crippen molar-refractivity contribution in [1.29, 1.82) is 0 Å². The van der Waals surface area contributed by atoms with Gasteiger partial charge in [0.2, 0.25) is 0 Å². The number of esters is 2. The topological polar surface area (TPSA) is 71.1 Å². The zero-order valence-corrected chi connectivity index (χ0v) is 13.0. The van der Waals surface area contributed by atoms with Crippen molar-refractivity contribution in [2.24, 2.45) is 11.8 Å². The summed E-state index contributed by atoms with van der Waals surface area (Å²) in [5, 5.41) is 0. The van der Waals surface area contributed by atoms with Crippen LogP contribution < -0.4 is 0 Å². The Bertz CT molecular complexity index is 378. The smallest absolute Gasteiger partial charge is 0.303 e. The maximum atomic E-state index is 11.3. The largest absolute Gasteiger partial charge is 0.463 e.